The Morgan fingerprint density at radius 2 is 2.30 bits per heavy atom. The van der Waals surface area contributed by atoms with E-state index in [1.165, 1.54) is 17.4 Å². The molecule has 2 aromatic rings. The fourth-order valence-electron chi connectivity index (χ4n) is 1.84. The summed E-state index contributed by atoms with van der Waals surface area (Å²) in [5.41, 5.74) is 0. The van der Waals surface area contributed by atoms with E-state index in [9.17, 15) is 8.42 Å². The summed E-state index contributed by atoms with van der Waals surface area (Å²) in [6.07, 6.45) is 4.78. The lowest BCUT2D eigenvalue weighted by Crippen LogP contribution is -2.25. The average Bonchev–Trinajstić information content (AvgIpc) is 3.04. The Morgan fingerprint density at radius 3 is 2.90 bits per heavy atom. The molecule has 20 heavy (non-hydrogen) atoms. The normalized spacial score (nSPS) is 11.9. The van der Waals surface area contributed by atoms with Gasteiger partial charge < -0.3 is 10.1 Å². The Hall–Kier alpha value is -1.22. The highest BCUT2D eigenvalue weighted by Gasteiger charge is 2.19. The number of aromatic nitrogens is 2. The topological polar surface area (TPSA) is 95.1 Å². The summed E-state index contributed by atoms with van der Waals surface area (Å²) in [4.78, 5) is 8.64. The van der Waals surface area contributed by atoms with E-state index in [2.05, 4.69) is 14.7 Å². The molecule has 0 unspecified atom stereocenters. The van der Waals surface area contributed by atoms with E-state index in [1.807, 2.05) is 0 Å². The number of nitrogens with zero attached hydrogens (tertiary/aromatic N) is 1. The second-order valence-corrected chi connectivity index (χ2v) is 7.40. The van der Waals surface area contributed by atoms with Crippen molar-refractivity contribution < 1.29 is 13.5 Å². The zero-order valence-electron chi connectivity index (χ0n) is 11.1. The maximum atomic E-state index is 12.1. The molecule has 0 aliphatic rings. The number of aliphatic hydroxyl groups is 1. The van der Waals surface area contributed by atoms with Crippen molar-refractivity contribution in [1.82, 2.24) is 14.7 Å². The molecule has 0 saturated carbocycles. The minimum atomic E-state index is -3.50. The molecule has 2 heterocycles. The van der Waals surface area contributed by atoms with Crippen LogP contribution in [0.5, 0.6) is 0 Å². The summed E-state index contributed by atoms with van der Waals surface area (Å²) >= 11 is 1.29. The summed E-state index contributed by atoms with van der Waals surface area (Å²) in [6.45, 7) is 1.95. The van der Waals surface area contributed by atoms with Gasteiger partial charge >= 0.3 is 0 Å². The highest BCUT2D eigenvalue weighted by atomic mass is 32.2. The molecule has 2 rings (SSSR count). The Balaban J connectivity index is 1.91. The molecule has 0 spiro atoms. The van der Waals surface area contributed by atoms with Crippen LogP contribution in [-0.2, 0) is 23.1 Å². The third-order valence-electron chi connectivity index (χ3n) is 2.81. The zero-order chi connectivity index (χ0) is 14.6. The molecule has 0 amide bonds. The molecule has 2 aromatic heterocycles. The van der Waals surface area contributed by atoms with Crippen molar-refractivity contribution in [2.45, 2.75) is 31.3 Å². The molecule has 3 N–H and O–H groups in total. The first-order valence-corrected chi connectivity index (χ1v) is 8.51. The van der Waals surface area contributed by atoms with Gasteiger partial charge in [0.2, 0.25) is 10.0 Å². The summed E-state index contributed by atoms with van der Waals surface area (Å²) in [5.74, 6) is 0.846. The van der Waals surface area contributed by atoms with E-state index < -0.39 is 10.0 Å². The van der Waals surface area contributed by atoms with Gasteiger partial charge in [0, 0.05) is 35.1 Å². The molecule has 0 radical (unpaired) electrons. The number of rotatable bonds is 7. The van der Waals surface area contributed by atoms with E-state index in [0.29, 0.717) is 29.1 Å². The van der Waals surface area contributed by atoms with Crippen LogP contribution >= 0.6 is 11.3 Å². The van der Waals surface area contributed by atoms with Crippen LogP contribution in [0, 0.1) is 6.92 Å². The number of hydrogen-bond acceptors (Lipinski definition) is 5. The van der Waals surface area contributed by atoms with Crippen LogP contribution in [0.25, 0.3) is 0 Å². The number of aliphatic hydroxyl groups excluding tert-OH is 1. The van der Waals surface area contributed by atoms with Crippen LogP contribution in [0.15, 0.2) is 23.4 Å². The molecular weight excluding hydrogens is 298 g/mol. The van der Waals surface area contributed by atoms with Crippen LogP contribution in [0.2, 0.25) is 0 Å². The number of H-pyrrole nitrogens is 1. The van der Waals surface area contributed by atoms with Gasteiger partial charge in [-0.05, 0) is 19.4 Å². The van der Waals surface area contributed by atoms with Gasteiger partial charge in [-0.2, -0.15) is 0 Å². The number of nitrogens with one attached hydrogen (secondary N) is 2. The van der Waals surface area contributed by atoms with E-state index in [4.69, 9.17) is 5.11 Å². The second-order valence-electron chi connectivity index (χ2n) is 4.33. The molecule has 0 bridgehead atoms. The summed E-state index contributed by atoms with van der Waals surface area (Å²) in [5, 5.41) is 9.05. The largest absolute Gasteiger partial charge is 0.391 e. The molecule has 0 aliphatic carbocycles. The molecule has 6 nitrogen and oxygen atoms in total. The van der Waals surface area contributed by atoms with Gasteiger partial charge in [0.05, 0.1) is 11.5 Å². The first-order chi connectivity index (χ1) is 9.53. The van der Waals surface area contributed by atoms with E-state index in [0.717, 1.165) is 5.82 Å². The van der Waals surface area contributed by atoms with Crippen molar-refractivity contribution in [1.29, 1.82) is 0 Å². The highest BCUT2D eigenvalue weighted by Crippen LogP contribution is 2.25. The first kappa shape index (κ1) is 15.2. The van der Waals surface area contributed by atoms with Gasteiger partial charge in [0.1, 0.15) is 5.82 Å². The fraction of sp³-hybridized carbons (Fsp3) is 0.417. The highest BCUT2D eigenvalue weighted by molar-refractivity contribution is 7.89. The standard InChI is InChI=1S/C12H17N3O3S2/c1-9-11(7-10(8-16)19-9)20(17,18)15-4-2-3-12-13-5-6-14-12/h5-7,15-16H,2-4,8H2,1H3,(H,13,14). The van der Waals surface area contributed by atoms with E-state index in [-0.39, 0.29) is 11.5 Å². The van der Waals surface area contributed by atoms with Crippen molar-refractivity contribution in [2.75, 3.05) is 6.54 Å². The van der Waals surface area contributed by atoms with Gasteiger partial charge in [0.25, 0.3) is 0 Å². The average molecular weight is 315 g/mol. The quantitative estimate of drug-likeness (QED) is 0.669. The summed E-state index contributed by atoms with van der Waals surface area (Å²) in [7, 11) is -3.50. The van der Waals surface area contributed by atoms with Crippen molar-refractivity contribution in [2.24, 2.45) is 0 Å². The first-order valence-electron chi connectivity index (χ1n) is 6.21. The van der Waals surface area contributed by atoms with Crippen molar-refractivity contribution >= 4 is 21.4 Å². The minimum Gasteiger partial charge on any atom is -0.391 e. The second kappa shape index (κ2) is 6.49. The van der Waals surface area contributed by atoms with Crippen molar-refractivity contribution in [3.8, 4) is 0 Å². The van der Waals surface area contributed by atoms with Crippen LogP contribution in [-0.4, -0.2) is 30.0 Å². The van der Waals surface area contributed by atoms with Crippen LogP contribution < -0.4 is 4.72 Å². The molecule has 0 saturated heterocycles. The number of hydrogen-bond donors (Lipinski definition) is 3. The minimum absolute atomic E-state index is 0.139. The Kier molecular flexibility index (Phi) is 4.92. The smallest absolute Gasteiger partial charge is 0.241 e. The molecule has 8 heteroatoms. The van der Waals surface area contributed by atoms with Gasteiger partial charge in [-0.25, -0.2) is 18.1 Å². The molecule has 0 aromatic carbocycles. The maximum Gasteiger partial charge on any atom is 0.241 e. The molecule has 0 fully saturated rings. The van der Waals surface area contributed by atoms with Gasteiger partial charge in [0.15, 0.2) is 0 Å². The predicted octanol–water partition coefficient (Wildman–Crippen LogP) is 1.18. The van der Waals surface area contributed by atoms with Crippen molar-refractivity contribution in [3.63, 3.8) is 0 Å². The molecular formula is C12H17N3O3S2. The fourth-order valence-corrected chi connectivity index (χ4v) is 4.41. The summed E-state index contributed by atoms with van der Waals surface area (Å²) < 4.78 is 26.8. The predicted molar refractivity (Wildman–Crippen MR) is 77.1 cm³/mol. The maximum absolute atomic E-state index is 12.1. The van der Waals surface area contributed by atoms with Gasteiger partial charge in [-0.1, -0.05) is 0 Å². The zero-order valence-corrected chi connectivity index (χ0v) is 12.7. The molecule has 0 aliphatic heterocycles. The monoisotopic (exact) mass is 315 g/mol. The third kappa shape index (κ3) is 3.66. The van der Waals surface area contributed by atoms with Crippen LogP contribution in [0.4, 0.5) is 0 Å². The Morgan fingerprint density at radius 1 is 1.50 bits per heavy atom. The third-order valence-corrected chi connectivity index (χ3v) is 5.56. The van der Waals surface area contributed by atoms with Crippen molar-refractivity contribution in [3.05, 3.63) is 34.0 Å². The number of aromatic amines is 1. The van der Waals surface area contributed by atoms with E-state index in [1.54, 1.807) is 19.3 Å². The Labute approximate surface area is 121 Å². The number of thiophene rings is 1. The lowest BCUT2D eigenvalue weighted by molar-refractivity contribution is 0.285. The van der Waals surface area contributed by atoms with Gasteiger partial charge in [-0.15, -0.1) is 11.3 Å². The lowest BCUT2D eigenvalue weighted by Gasteiger charge is -2.05. The van der Waals surface area contributed by atoms with Gasteiger partial charge in [-0.3, -0.25) is 0 Å². The number of imidazole rings is 1. The lowest BCUT2D eigenvalue weighted by atomic mass is 10.3. The van der Waals surface area contributed by atoms with E-state index >= 15 is 0 Å². The molecule has 0 atom stereocenters. The van der Waals surface area contributed by atoms with Crippen LogP contribution in [0.3, 0.4) is 0 Å². The summed E-state index contributed by atoms with van der Waals surface area (Å²) in [6, 6.07) is 1.52. The SMILES string of the molecule is Cc1sc(CO)cc1S(=O)(=O)NCCCc1ncc[nH]1. The number of sulfonamides is 1. The Bertz CT molecular complexity index is 648. The number of aryl methyl sites for hydroxylation is 2. The molecule has 110 valence electrons. The van der Waals surface area contributed by atoms with Crippen LogP contribution in [0.1, 0.15) is 22.0 Å².